The zero-order valence-electron chi connectivity index (χ0n) is 11.2. The molecule has 0 spiro atoms. The first-order valence-electron chi connectivity index (χ1n) is 5.75. The summed E-state index contributed by atoms with van der Waals surface area (Å²) >= 11 is 0. The lowest BCUT2D eigenvalue weighted by Crippen LogP contribution is -2.16. The van der Waals surface area contributed by atoms with Crippen LogP contribution in [0.4, 0.5) is 10.1 Å². The second kappa shape index (κ2) is 5.17. The van der Waals surface area contributed by atoms with Gasteiger partial charge in [-0.3, -0.25) is 9.40 Å². The molecule has 0 saturated carbocycles. The summed E-state index contributed by atoms with van der Waals surface area (Å²) in [5.74, 6) is -2.31. The number of hydrogen-bond acceptors (Lipinski definition) is 4. The smallest absolute Gasteiger partial charge is 0.335 e. The third kappa shape index (κ3) is 3.02. The number of rotatable bonds is 4. The van der Waals surface area contributed by atoms with Crippen molar-refractivity contribution in [3.05, 3.63) is 41.5 Å². The van der Waals surface area contributed by atoms with Crippen LogP contribution in [0.2, 0.25) is 0 Å². The summed E-state index contributed by atoms with van der Waals surface area (Å²) in [5.41, 5.74) is -0.404. The van der Waals surface area contributed by atoms with E-state index in [4.69, 9.17) is 5.11 Å². The van der Waals surface area contributed by atoms with Gasteiger partial charge < -0.3 is 5.11 Å². The van der Waals surface area contributed by atoms with E-state index in [1.807, 2.05) is 0 Å². The molecule has 112 valence electrons. The van der Waals surface area contributed by atoms with Crippen LogP contribution in [0.15, 0.2) is 29.4 Å². The first kappa shape index (κ1) is 15.0. The summed E-state index contributed by atoms with van der Waals surface area (Å²) in [4.78, 5) is 10.5. The Balaban J connectivity index is 2.51. The second-order valence-electron chi connectivity index (χ2n) is 4.39. The number of carboxylic acids is 1. The maximum Gasteiger partial charge on any atom is 0.335 e. The highest BCUT2D eigenvalue weighted by Crippen LogP contribution is 2.23. The van der Waals surface area contributed by atoms with Crippen LogP contribution in [0.1, 0.15) is 15.9 Å². The lowest BCUT2D eigenvalue weighted by Gasteiger charge is -2.10. The Morgan fingerprint density at radius 2 is 2.10 bits per heavy atom. The number of hydrogen-bond donors (Lipinski definition) is 2. The highest BCUT2D eigenvalue weighted by Gasteiger charge is 2.22. The van der Waals surface area contributed by atoms with Crippen LogP contribution >= 0.6 is 0 Å². The van der Waals surface area contributed by atoms with E-state index in [1.54, 1.807) is 7.05 Å². The minimum atomic E-state index is -4.12. The molecule has 7 nitrogen and oxygen atoms in total. The second-order valence-corrected chi connectivity index (χ2v) is 6.05. The molecule has 0 aliphatic carbocycles. The maximum atomic E-state index is 13.7. The van der Waals surface area contributed by atoms with Gasteiger partial charge in [0, 0.05) is 18.8 Å². The van der Waals surface area contributed by atoms with Crippen molar-refractivity contribution in [1.29, 1.82) is 0 Å². The van der Waals surface area contributed by atoms with Gasteiger partial charge in [0.05, 0.1) is 22.3 Å². The topological polar surface area (TPSA) is 101 Å². The van der Waals surface area contributed by atoms with Crippen molar-refractivity contribution in [3.8, 4) is 0 Å². The fourth-order valence-corrected chi connectivity index (χ4v) is 3.05. The molecule has 0 bridgehead atoms. The molecule has 0 aliphatic heterocycles. The molecule has 0 amide bonds. The monoisotopic (exact) mass is 313 g/mol. The SMILES string of the molecule is Cc1c(F)cc(C(=O)O)cc1S(=O)(=O)Nc1cnn(C)c1. The molecule has 0 aliphatic rings. The summed E-state index contributed by atoms with van der Waals surface area (Å²) in [5, 5.41) is 12.7. The fraction of sp³-hybridized carbons (Fsp3) is 0.167. The van der Waals surface area contributed by atoms with Gasteiger partial charge in [0.1, 0.15) is 5.82 Å². The van der Waals surface area contributed by atoms with E-state index in [-0.39, 0.29) is 11.3 Å². The van der Waals surface area contributed by atoms with Crippen molar-refractivity contribution in [2.24, 2.45) is 7.05 Å². The molecular formula is C12H12FN3O4S. The molecule has 2 aromatic rings. The Kier molecular flexibility index (Phi) is 3.69. The third-order valence-electron chi connectivity index (χ3n) is 2.79. The number of halogens is 1. The molecule has 0 unspecified atom stereocenters. The van der Waals surface area contributed by atoms with Crippen LogP contribution in [-0.4, -0.2) is 29.3 Å². The number of nitrogens with one attached hydrogen (secondary N) is 1. The van der Waals surface area contributed by atoms with Crippen LogP contribution < -0.4 is 4.72 Å². The zero-order chi connectivity index (χ0) is 15.8. The first-order chi connectivity index (χ1) is 9.70. The number of carboxylic acid groups (broad SMARTS) is 1. The quantitative estimate of drug-likeness (QED) is 0.887. The Morgan fingerprint density at radius 1 is 1.43 bits per heavy atom. The Bertz CT molecular complexity index is 814. The summed E-state index contributed by atoms with van der Waals surface area (Å²) in [7, 11) is -2.51. The predicted octanol–water partition coefficient (Wildman–Crippen LogP) is 1.37. The average molecular weight is 313 g/mol. The maximum absolute atomic E-state index is 13.7. The molecule has 0 fully saturated rings. The molecule has 0 saturated heterocycles. The van der Waals surface area contributed by atoms with Gasteiger partial charge in [0.15, 0.2) is 0 Å². The Labute approximate surface area is 120 Å². The lowest BCUT2D eigenvalue weighted by atomic mass is 10.1. The van der Waals surface area contributed by atoms with Gasteiger partial charge in [-0.05, 0) is 19.1 Å². The van der Waals surface area contributed by atoms with Gasteiger partial charge in [0.2, 0.25) is 0 Å². The summed E-state index contributed by atoms with van der Waals surface area (Å²) < 4.78 is 41.8. The van der Waals surface area contributed by atoms with E-state index in [0.717, 1.165) is 12.1 Å². The van der Waals surface area contributed by atoms with Gasteiger partial charge in [-0.15, -0.1) is 0 Å². The normalized spacial score (nSPS) is 11.4. The molecular weight excluding hydrogens is 301 g/mol. The van der Waals surface area contributed by atoms with Gasteiger partial charge >= 0.3 is 5.97 Å². The van der Waals surface area contributed by atoms with Crippen molar-refractivity contribution in [2.75, 3.05) is 4.72 Å². The number of aromatic nitrogens is 2. The van der Waals surface area contributed by atoms with Gasteiger partial charge in [-0.1, -0.05) is 0 Å². The molecule has 2 N–H and O–H groups in total. The predicted molar refractivity (Wildman–Crippen MR) is 72.1 cm³/mol. The highest BCUT2D eigenvalue weighted by molar-refractivity contribution is 7.92. The number of aromatic carboxylic acids is 1. The molecule has 1 heterocycles. The van der Waals surface area contributed by atoms with E-state index in [9.17, 15) is 17.6 Å². The molecule has 21 heavy (non-hydrogen) atoms. The molecule has 9 heteroatoms. The average Bonchev–Trinajstić information content (AvgIpc) is 2.76. The number of carbonyl (C=O) groups is 1. The van der Waals surface area contributed by atoms with Gasteiger partial charge in [-0.2, -0.15) is 5.10 Å². The van der Waals surface area contributed by atoms with E-state index in [0.29, 0.717) is 0 Å². The van der Waals surface area contributed by atoms with Crippen LogP contribution in [-0.2, 0) is 17.1 Å². The van der Waals surface area contributed by atoms with Crippen molar-refractivity contribution in [2.45, 2.75) is 11.8 Å². The number of benzene rings is 1. The summed E-state index contributed by atoms with van der Waals surface area (Å²) in [6, 6.07) is 1.69. The van der Waals surface area contributed by atoms with Crippen molar-refractivity contribution >= 4 is 21.7 Å². The van der Waals surface area contributed by atoms with E-state index >= 15 is 0 Å². The third-order valence-corrected chi connectivity index (χ3v) is 4.30. The van der Waals surface area contributed by atoms with Crippen molar-refractivity contribution < 1.29 is 22.7 Å². The molecule has 2 rings (SSSR count). The fourth-order valence-electron chi connectivity index (χ4n) is 1.74. The standard InChI is InChI=1S/C12H12FN3O4S/c1-7-10(13)3-8(12(17)18)4-11(7)21(19,20)15-9-5-14-16(2)6-9/h3-6,15H,1-2H3,(H,17,18). The van der Waals surface area contributed by atoms with E-state index < -0.39 is 32.3 Å². The lowest BCUT2D eigenvalue weighted by molar-refractivity contribution is 0.0696. The minimum absolute atomic E-state index is 0.156. The number of aryl methyl sites for hydroxylation is 1. The Morgan fingerprint density at radius 3 is 2.62 bits per heavy atom. The molecule has 1 aromatic heterocycles. The highest BCUT2D eigenvalue weighted by atomic mass is 32.2. The van der Waals surface area contributed by atoms with Crippen LogP contribution in [0, 0.1) is 12.7 Å². The minimum Gasteiger partial charge on any atom is -0.478 e. The number of anilines is 1. The largest absolute Gasteiger partial charge is 0.478 e. The van der Waals surface area contributed by atoms with Crippen LogP contribution in [0.25, 0.3) is 0 Å². The van der Waals surface area contributed by atoms with E-state index in [2.05, 4.69) is 9.82 Å². The first-order valence-corrected chi connectivity index (χ1v) is 7.24. The van der Waals surface area contributed by atoms with Crippen LogP contribution in [0.5, 0.6) is 0 Å². The Hall–Kier alpha value is -2.42. The molecule has 1 aromatic carbocycles. The number of sulfonamides is 1. The summed E-state index contributed by atoms with van der Waals surface area (Å²) in [6.45, 7) is 1.26. The van der Waals surface area contributed by atoms with Gasteiger partial charge in [0.25, 0.3) is 10.0 Å². The zero-order valence-corrected chi connectivity index (χ0v) is 12.0. The van der Waals surface area contributed by atoms with Crippen molar-refractivity contribution in [3.63, 3.8) is 0 Å². The van der Waals surface area contributed by atoms with Crippen molar-refractivity contribution in [1.82, 2.24) is 9.78 Å². The van der Waals surface area contributed by atoms with Gasteiger partial charge in [-0.25, -0.2) is 17.6 Å². The molecule has 0 radical (unpaired) electrons. The summed E-state index contributed by atoms with van der Waals surface area (Å²) in [6.07, 6.45) is 2.70. The van der Waals surface area contributed by atoms with Crippen LogP contribution in [0.3, 0.4) is 0 Å². The molecule has 0 atom stereocenters. The van der Waals surface area contributed by atoms with E-state index in [1.165, 1.54) is 24.0 Å². The number of nitrogens with zero attached hydrogens (tertiary/aromatic N) is 2.